The summed E-state index contributed by atoms with van der Waals surface area (Å²) in [6.45, 7) is 10.2. The predicted octanol–water partition coefficient (Wildman–Crippen LogP) is 5.33. The van der Waals surface area contributed by atoms with Crippen LogP contribution < -0.4 is 5.32 Å². The van der Waals surface area contributed by atoms with Crippen molar-refractivity contribution in [3.05, 3.63) is 65.0 Å². The smallest absolute Gasteiger partial charge is 0.319 e. The van der Waals surface area contributed by atoms with Crippen LogP contribution >= 0.6 is 11.8 Å². The zero-order valence-corrected chi connectivity index (χ0v) is 21.2. The number of benzene rings is 2. The summed E-state index contributed by atoms with van der Waals surface area (Å²) in [5, 5.41) is 12.4. The van der Waals surface area contributed by atoms with Gasteiger partial charge in [-0.05, 0) is 63.9 Å². The Hall–Kier alpha value is -3.10. The fourth-order valence-corrected chi connectivity index (χ4v) is 4.44. The molecule has 2 N–H and O–H groups in total. The number of imidazole rings is 1. The van der Waals surface area contributed by atoms with Gasteiger partial charge < -0.3 is 19.7 Å². The molecule has 0 aliphatic rings. The van der Waals surface area contributed by atoms with Crippen LogP contribution in [0.5, 0.6) is 0 Å². The van der Waals surface area contributed by atoms with E-state index in [2.05, 4.69) is 5.32 Å². The lowest BCUT2D eigenvalue weighted by atomic mass is 10.1. The van der Waals surface area contributed by atoms with Crippen molar-refractivity contribution < 1.29 is 19.4 Å². The third kappa shape index (κ3) is 5.69. The Labute approximate surface area is 204 Å². The van der Waals surface area contributed by atoms with E-state index < -0.39 is 10.7 Å². The lowest BCUT2D eigenvalue weighted by Crippen LogP contribution is -2.26. The molecule has 0 saturated carbocycles. The molecule has 34 heavy (non-hydrogen) atoms. The van der Waals surface area contributed by atoms with Crippen LogP contribution in [0.3, 0.4) is 0 Å². The van der Waals surface area contributed by atoms with Gasteiger partial charge in [0.2, 0.25) is 0 Å². The number of amides is 1. The van der Waals surface area contributed by atoms with Crippen molar-refractivity contribution in [1.29, 1.82) is 0 Å². The van der Waals surface area contributed by atoms with Crippen molar-refractivity contribution in [3.8, 4) is 11.4 Å². The molecule has 180 valence electrons. The Kier molecular flexibility index (Phi) is 7.84. The number of aromatic nitrogens is 2. The van der Waals surface area contributed by atoms with Gasteiger partial charge >= 0.3 is 5.97 Å². The Morgan fingerprint density at radius 1 is 1.12 bits per heavy atom. The average molecular weight is 482 g/mol. The molecule has 2 aromatic carbocycles. The van der Waals surface area contributed by atoms with Crippen molar-refractivity contribution in [1.82, 2.24) is 9.55 Å². The molecule has 8 heteroatoms. The van der Waals surface area contributed by atoms with E-state index >= 15 is 0 Å². The predicted molar refractivity (Wildman–Crippen MR) is 136 cm³/mol. The summed E-state index contributed by atoms with van der Waals surface area (Å²) in [5.41, 5.74) is 4.75. The van der Waals surface area contributed by atoms with Gasteiger partial charge in [-0.25, -0.2) is 4.98 Å². The molecule has 3 aromatic rings. The Balaban J connectivity index is 1.94. The topological polar surface area (TPSA) is 93.4 Å². The molecule has 0 radical (unpaired) electrons. The number of anilines is 1. The fraction of sp³-hybridized carbons (Fsp3) is 0.346. The highest BCUT2D eigenvalue weighted by Gasteiger charge is 2.28. The van der Waals surface area contributed by atoms with Gasteiger partial charge in [0.25, 0.3) is 5.91 Å². The van der Waals surface area contributed by atoms with Crippen LogP contribution in [0.15, 0.2) is 47.4 Å². The average Bonchev–Trinajstić information content (AvgIpc) is 3.11. The zero-order chi connectivity index (χ0) is 25.0. The number of aliphatic carboxylic acids is 1. The minimum atomic E-state index is -0.936. The second-order valence-corrected chi connectivity index (χ2v) is 10.4. The van der Waals surface area contributed by atoms with Crippen LogP contribution in [0.4, 0.5) is 5.69 Å². The van der Waals surface area contributed by atoms with Crippen LogP contribution in [0.25, 0.3) is 11.4 Å². The van der Waals surface area contributed by atoms with Crippen LogP contribution in [0.2, 0.25) is 0 Å². The van der Waals surface area contributed by atoms with Crippen LogP contribution in [-0.4, -0.2) is 45.0 Å². The number of nitrogens with zero attached hydrogens (tertiary/aromatic N) is 2. The largest absolute Gasteiger partial charge is 0.480 e. The number of rotatable bonds is 9. The van der Waals surface area contributed by atoms with E-state index in [0.717, 1.165) is 33.0 Å². The molecule has 0 aliphatic heterocycles. The first-order valence-electron chi connectivity index (χ1n) is 11.0. The van der Waals surface area contributed by atoms with Crippen molar-refractivity contribution in [2.75, 3.05) is 19.0 Å². The molecule has 1 amide bonds. The second kappa shape index (κ2) is 10.4. The number of carboxylic acid groups (broad SMARTS) is 1. The maximum absolute atomic E-state index is 13.2. The van der Waals surface area contributed by atoms with E-state index in [-0.39, 0.29) is 5.91 Å². The Morgan fingerprint density at radius 3 is 2.41 bits per heavy atom. The molecule has 0 saturated heterocycles. The first-order chi connectivity index (χ1) is 16.0. The first-order valence-corrected chi connectivity index (χ1v) is 11.8. The molecule has 0 unspecified atom stereocenters. The van der Waals surface area contributed by atoms with Gasteiger partial charge in [-0.15, -0.1) is 11.8 Å². The second-order valence-electron chi connectivity index (χ2n) is 8.73. The van der Waals surface area contributed by atoms with Gasteiger partial charge in [0.1, 0.15) is 16.3 Å². The van der Waals surface area contributed by atoms with Crippen molar-refractivity contribution in [2.45, 2.75) is 50.8 Å². The molecule has 0 fully saturated rings. The van der Waals surface area contributed by atoms with Gasteiger partial charge in [0.15, 0.2) is 0 Å². The van der Waals surface area contributed by atoms with Crippen molar-refractivity contribution in [2.24, 2.45) is 0 Å². The number of ether oxygens (including phenoxy) is 1. The fourth-order valence-electron chi connectivity index (χ4n) is 3.49. The normalized spacial score (nSPS) is 11.5. The number of carboxylic acids is 1. The van der Waals surface area contributed by atoms with E-state index in [9.17, 15) is 14.7 Å². The van der Waals surface area contributed by atoms with Crippen molar-refractivity contribution in [3.63, 3.8) is 0 Å². The van der Waals surface area contributed by atoms with E-state index in [0.29, 0.717) is 24.7 Å². The van der Waals surface area contributed by atoms with E-state index in [1.165, 1.54) is 11.8 Å². The summed E-state index contributed by atoms with van der Waals surface area (Å²) in [4.78, 5) is 30.2. The number of methoxy groups -OCH3 is 1. The minimum absolute atomic E-state index is 0.265. The molecular weight excluding hydrogens is 450 g/mol. The van der Waals surface area contributed by atoms with E-state index in [1.54, 1.807) is 21.0 Å². The monoisotopic (exact) mass is 481 g/mol. The number of hydrogen-bond donors (Lipinski definition) is 2. The van der Waals surface area contributed by atoms with E-state index in [4.69, 9.17) is 9.72 Å². The molecule has 0 aliphatic carbocycles. The highest BCUT2D eigenvalue weighted by atomic mass is 32.2. The quantitative estimate of drug-likeness (QED) is 0.401. The van der Waals surface area contributed by atoms with E-state index in [1.807, 2.05) is 67.8 Å². The first kappa shape index (κ1) is 25.5. The molecule has 1 heterocycles. The molecule has 7 nitrogen and oxygen atoms in total. The number of nitrogens with one attached hydrogen (secondary N) is 1. The number of aryl methyl sites for hydroxylation is 2. The molecule has 0 bridgehead atoms. The maximum atomic E-state index is 13.2. The van der Waals surface area contributed by atoms with Gasteiger partial charge in [0.05, 0.1) is 6.61 Å². The number of hydrogen-bond acceptors (Lipinski definition) is 5. The number of carbonyl (C=O) groups excluding carboxylic acids is 1. The molecular formula is C26H31N3O4S. The third-order valence-electron chi connectivity index (χ3n) is 5.60. The van der Waals surface area contributed by atoms with Gasteiger partial charge in [-0.1, -0.05) is 24.3 Å². The maximum Gasteiger partial charge on any atom is 0.319 e. The summed E-state index contributed by atoms with van der Waals surface area (Å²) in [7, 11) is 1.64. The summed E-state index contributed by atoms with van der Waals surface area (Å²) in [5.74, 6) is -0.472. The summed E-state index contributed by atoms with van der Waals surface area (Å²) in [6.07, 6.45) is 0. The molecule has 1 aromatic heterocycles. The lowest BCUT2D eigenvalue weighted by Gasteiger charge is -2.18. The van der Waals surface area contributed by atoms with Gasteiger partial charge in [-0.2, -0.15) is 0 Å². The highest BCUT2D eigenvalue weighted by molar-refractivity contribution is 8.01. The van der Waals surface area contributed by atoms with Crippen LogP contribution in [0, 0.1) is 20.8 Å². The molecule has 0 atom stereocenters. The van der Waals surface area contributed by atoms with Crippen molar-refractivity contribution >= 4 is 29.3 Å². The standard InChI is InChI=1S/C26H31N3O4S/c1-16-7-8-17(2)21(15-16)27-24(30)22-18(3)29(13-14-33-6)23(28-22)19-9-11-20(12-10-19)34-26(4,5)25(31)32/h7-12,15H,13-14H2,1-6H3,(H,27,30)(H,31,32). The summed E-state index contributed by atoms with van der Waals surface area (Å²) < 4.78 is 6.31. The lowest BCUT2D eigenvalue weighted by molar-refractivity contribution is -0.138. The number of carbonyl (C=O) groups is 2. The molecule has 3 rings (SSSR count). The Morgan fingerprint density at radius 2 is 1.79 bits per heavy atom. The van der Waals surface area contributed by atoms with Gasteiger partial charge in [0, 0.05) is 35.5 Å². The third-order valence-corrected chi connectivity index (χ3v) is 6.79. The SMILES string of the molecule is COCCn1c(-c2ccc(SC(C)(C)C(=O)O)cc2)nc(C(=O)Nc2cc(C)ccc2C)c1C. The van der Waals surface area contributed by atoms with Crippen LogP contribution in [-0.2, 0) is 16.1 Å². The molecule has 0 spiro atoms. The Bertz CT molecular complexity index is 1200. The summed E-state index contributed by atoms with van der Waals surface area (Å²) in [6, 6.07) is 13.5. The highest BCUT2D eigenvalue weighted by Crippen LogP contribution is 2.34. The number of thioether (sulfide) groups is 1. The summed E-state index contributed by atoms with van der Waals surface area (Å²) >= 11 is 1.28. The van der Waals surface area contributed by atoms with Gasteiger partial charge in [-0.3, -0.25) is 9.59 Å². The zero-order valence-electron chi connectivity index (χ0n) is 20.4. The minimum Gasteiger partial charge on any atom is -0.480 e. The van der Waals surface area contributed by atoms with Crippen LogP contribution in [0.1, 0.15) is 41.2 Å².